The number of nitro groups is 1. The van der Waals surface area contributed by atoms with Crippen molar-refractivity contribution in [1.82, 2.24) is 4.98 Å². The van der Waals surface area contributed by atoms with Crippen molar-refractivity contribution < 1.29 is 27.7 Å². The summed E-state index contributed by atoms with van der Waals surface area (Å²) in [6.45, 7) is 1.31. The van der Waals surface area contributed by atoms with Crippen molar-refractivity contribution in [3.63, 3.8) is 0 Å². The first-order valence-corrected chi connectivity index (χ1v) is 12.8. The van der Waals surface area contributed by atoms with Gasteiger partial charge in [-0.25, -0.2) is 18.2 Å². The number of benzene rings is 2. The van der Waals surface area contributed by atoms with E-state index in [4.69, 9.17) is 27.9 Å². The largest absolute Gasteiger partial charge is 0.449 e. The lowest BCUT2D eigenvalue weighted by atomic mass is 10.2. The number of anilines is 1. The summed E-state index contributed by atoms with van der Waals surface area (Å²) in [5.74, 6) is -1.73. The summed E-state index contributed by atoms with van der Waals surface area (Å²) < 4.78 is 28.5. The summed E-state index contributed by atoms with van der Waals surface area (Å²) in [7, 11) is -3.89. The Balaban J connectivity index is 1.70. The van der Waals surface area contributed by atoms with Crippen molar-refractivity contribution in [2.24, 2.45) is 0 Å². The molecule has 0 radical (unpaired) electrons. The third kappa shape index (κ3) is 5.89. The Morgan fingerprint density at radius 1 is 1.18 bits per heavy atom. The van der Waals surface area contributed by atoms with Crippen molar-refractivity contribution in [3.8, 4) is 11.3 Å². The van der Waals surface area contributed by atoms with Crippen LogP contribution in [0.4, 0.5) is 10.8 Å². The molecule has 0 aliphatic heterocycles. The number of amides is 1. The molecule has 178 valence electrons. The molecule has 10 nitrogen and oxygen atoms in total. The van der Waals surface area contributed by atoms with Crippen LogP contribution < -0.4 is 5.32 Å². The molecule has 0 bridgehead atoms. The Kier molecular flexibility index (Phi) is 7.56. The van der Waals surface area contributed by atoms with Gasteiger partial charge in [0.2, 0.25) is 0 Å². The van der Waals surface area contributed by atoms with Crippen LogP contribution >= 0.6 is 34.5 Å². The van der Waals surface area contributed by atoms with Gasteiger partial charge in [-0.3, -0.25) is 20.2 Å². The van der Waals surface area contributed by atoms with Crippen LogP contribution in [-0.2, 0) is 19.4 Å². The highest BCUT2D eigenvalue weighted by Gasteiger charge is 2.26. The van der Waals surface area contributed by atoms with E-state index in [9.17, 15) is 28.1 Å². The zero-order valence-corrected chi connectivity index (χ0v) is 20.6. The molecule has 0 aliphatic carbocycles. The van der Waals surface area contributed by atoms with Gasteiger partial charge < -0.3 is 4.74 Å². The van der Waals surface area contributed by atoms with Crippen LogP contribution in [0.3, 0.4) is 0 Å². The van der Waals surface area contributed by atoms with Gasteiger partial charge in [0, 0.05) is 23.3 Å². The summed E-state index contributed by atoms with van der Waals surface area (Å²) in [4.78, 5) is 38.9. The molecule has 3 rings (SSSR count). The molecule has 0 saturated carbocycles. The molecule has 1 amide bonds. The van der Waals surface area contributed by atoms with Crippen LogP contribution in [0.2, 0.25) is 10.0 Å². The maximum Gasteiger partial charge on any atom is 0.339 e. The Labute approximate surface area is 207 Å². The molecule has 0 aliphatic rings. The average molecular weight is 544 g/mol. The zero-order chi connectivity index (χ0) is 25.2. The number of rotatable bonds is 7. The lowest BCUT2D eigenvalue weighted by Crippen LogP contribution is -2.30. The predicted octanol–water partition coefficient (Wildman–Crippen LogP) is 4.61. The normalized spacial score (nSPS) is 12.1. The van der Waals surface area contributed by atoms with E-state index < -0.39 is 43.3 Å². The first-order chi connectivity index (χ1) is 15.9. The fourth-order valence-corrected chi connectivity index (χ4v) is 4.56. The zero-order valence-electron chi connectivity index (χ0n) is 17.4. The second-order valence-electron chi connectivity index (χ2n) is 6.92. The summed E-state index contributed by atoms with van der Waals surface area (Å²) in [6, 6.07) is 7.76. The van der Waals surface area contributed by atoms with Gasteiger partial charge in [0.1, 0.15) is 4.90 Å². The molecule has 0 spiro atoms. The number of esters is 1. The summed E-state index contributed by atoms with van der Waals surface area (Å²) in [5, 5.41) is 16.4. The molecular formula is C20H15Cl2N3O7S2. The maximum atomic E-state index is 12.4. The second kappa shape index (κ2) is 10.1. The van der Waals surface area contributed by atoms with E-state index >= 15 is 0 Å². The topological polar surface area (TPSA) is 146 Å². The summed E-state index contributed by atoms with van der Waals surface area (Å²) in [6.07, 6.45) is -0.468. The third-order valence-corrected chi connectivity index (χ3v) is 7.03. The standard InChI is InChI=1S/C20H15Cl2N3O7S2/c1-10(32-19(27)12-4-6-17(34(2,30)31)16(8-12)25(28)29)18(26)24-20-23-15(9-33-20)11-3-5-13(21)14(22)7-11/h3-10H,1-2H3,(H,23,24,26)/t10-/m0/s1. The number of ether oxygens (including phenoxy) is 1. The number of carbonyl (C=O) groups is 2. The van der Waals surface area contributed by atoms with Gasteiger partial charge >= 0.3 is 5.97 Å². The van der Waals surface area contributed by atoms with Crippen molar-refractivity contribution >= 4 is 67.1 Å². The Morgan fingerprint density at radius 2 is 1.88 bits per heavy atom. The van der Waals surface area contributed by atoms with Crippen LogP contribution in [0.15, 0.2) is 46.7 Å². The summed E-state index contributed by atoms with van der Waals surface area (Å²) in [5.41, 5.74) is 0.174. The first-order valence-electron chi connectivity index (χ1n) is 9.28. The van der Waals surface area contributed by atoms with E-state index in [2.05, 4.69) is 10.3 Å². The number of nitrogens with one attached hydrogen (secondary N) is 1. The van der Waals surface area contributed by atoms with Crippen LogP contribution in [0, 0.1) is 10.1 Å². The number of sulfone groups is 1. The third-order valence-electron chi connectivity index (χ3n) is 4.39. The van der Waals surface area contributed by atoms with Gasteiger partial charge in [0.25, 0.3) is 11.6 Å². The van der Waals surface area contributed by atoms with Gasteiger partial charge in [-0.2, -0.15) is 0 Å². The number of halogens is 2. The highest BCUT2D eigenvalue weighted by atomic mass is 35.5. The number of aromatic nitrogens is 1. The maximum absolute atomic E-state index is 12.4. The molecule has 1 N–H and O–H groups in total. The molecule has 1 aromatic heterocycles. The van der Waals surface area contributed by atoms with Crippen molar-refractivity contribution in [1.29, 1.82) is 0 Å². The fraction of sp³-hybridized carbons (Fsp3) is 0.150. The minimum Gasteiger partial charge on any atom is -0.449 e. The number of nitrogens with zero attached hydrogens (tertiary/aromatic N) is 2. The molecule has 1 atom stereocenters. The van der Waals surface area contributed by atoms with E-state index in [1.807, 2.05) is 0 Å². The molecule has 34 heavy (non-hydrogen) atoms. The highest BCUT2D eigenvalue weighted by Crippen LogP contribution is 2.30. The predicted molar refractivity (Wildman–Crippen MR) is 127 cm³/mol. The molecule has 0 unspecified atom stereocenters. The lowest BCUT2D eigenvalue weighted by molar-refractivity contribution is -0.387. The van der Waals surface area contributed by atoms with Crippen molar-refractivity contribution in [2.45, 2.75) is 17.9 Å². The first kappa shape index (κ1) is 25.6. The lowest BCUT2D eigenvalue weighted by Gasteiger charge is -2.12. The van der Waals surface area contributed by atoms with E-state index in [0.717, 1.165) is 35.8 Å². The number of thiazole rings is 1. The van der Waals surface area contributed by atoms with E-state index in [-0.39, 0.29) is 10.7 Å². The Hall–Kier alpha value is -3.06. The van der Waals surface area contributed by atoms with Crippen LogP contribution in [-0.4, -0.2) is 42.6 Å². The van der Waals surface area contributed by atoms with E-state index in [0.29, 0.717) is 21.3 Å². The minimum atomic E-state index is -3.89. The van der Waals surface area contributed by atoms with Crippen LogP contribution in [0.5, 0.6) is 0 Å². The van der Waals surface area contributed by atoms with Crippen molar-refractivity contribution in [2.75, 3.05) is 11.6 Å². The second-order valence-corrected chi connectivity index (χ2v) is 10.6. The molecule has 3 aromatic rings. The monoisotopic (exact) mass is 543 g/mol. The molecule has 0 saturated heterocycles. The number of hydrogen-bond acceptors (Lipinski definition) is 9. The van der Waals surface area contributed by atoms with Crippen LogP contribution in [0.25, 0.3) is 11.3 Å². The number of hydrogen-bond donors (Lipinski definition) is 1. The van der Waals surface area contributed by atoms with Crippen molar-refractivity contribution in [3.05, 3.63) is 67.5 Å². The SMILES string of the molecule is C[C@H](OC(=O)c1ccc(S(C)(=O)=O)c([N+](=O)[O-])c1)C(=O)Nc1nc(-c2ccc(Cl)c(Cl)c2)cs1. The fourth-order valence-electron chi connectivity index (χ4n) is 2.71. The van der Waals surface area contributed by atoms with Gasteiger partial charge in [-0.05, 0) is 31.2 Å². The van der Waals surface area contributed by atoms with Gasteiger partial charge in [0.15, 0.2) is 21.1 Å². The minimum absolute atomic E-state index is 0.238. The molecule has 2 aromatic carbocycles. The highest BCUT2D eigenvalue weighted by molar-refractivity contribution is 7.90. The van der Waals surface area contributed by atoms with Crippen LogP contribution in [0.1, 0.15) is 17.3 Å². The molecule has 14 heteroatoms. The molecular weight excluding hydrogens is 529 g/mol. The molecule has 1 heterocycles. The number of nitro benzene ring substituents is 1. The van der Waals surface area contributed by atoms with E-state index in [1.165, 1.54) is 6.92 Å². The summed E-state index contributed by atoms with van der Waals surface area (Å²) >= 11 is 13.1. The molecule has 0 fully saturated rings. The number of carbonyl (C=O) groups excluding carboxylic acids is 2. The quantitative estimate of drug-likeness (QED) is 0.258. The van der Waals surface area contributed by atoms with E-state index in [1.54, 1.807) is 23.6 Å². The average Bonchev–Trinajstić information content (AvgIpc) is 3.22. The smallest absolute Gasteiger partial charge is 0.339 e. The Bertz CT molecular complexity index is 1410. The van der Waals surface area contributed by atoms with Gasteiger partial charge in [-0.15, -0.1) is 11.3 Å². The van der Waals surface area contributed by atoms with Gasteiger partial charge in [0.05, 0.1) is 26.2 Å². The Morgan fingerprint density at radius 3 is 2.50 bits per heavy atom. The van der Waals surface area contributed by atoms with Gasteiger partial charge in [-0.1, -0.05) is 29.3 Å².